The Hall–Kier alpha value is -1.11. The molecule has 1 heterocycles. The minimum atomic E-state index is 0.252. The van der Waals surface area contributed by atoms with E-state index >= 15 is 0 Å². The number of hydrogen-bond donors (Lipinski definition) is 0. The van der Waals surface area contributed by atoms with Gasteiger partial charge in [0, 0.05) is 24.5 Å². The van der Waals surface area contributed by atoms with Crippen LogP contribution in [0.15, 0.2) is 40.9 Å². The number of allylic oxidation sites excluding steroid dienone is 1. The van der Waals surface area contributed by atoms with Gasteiger partial charge in [-0.2, -0.15) is 0 Å². The van der Waals surface area contributed by atoms with E-state index < -0.39 is 0 Å². The van der Waals surface area contributed by atoms with E-state index in [1.165, 1.54) is 5.56 Å². The summed E-state index contributed by atoms with van der Waals surface area (Å²) in [5, 5.41) is 0.738. The van der Waals surface area contributed by atoms with Crippen molar-refractivity contribution in [1.82, 2.24) is 4.90 Å². The van der Waals surface area contributed by atoms with Crippen LogP contribution in [0.3, 0.4) is 0 Å². The van der Waals surface area contributed by atoms with Gasteiger partial charge in [-0.3, -0.25) is 4.79 Å². The number of carbonyl (C=O) groups is 1. The number of aryl methyl sites for hydroxylation is 1. The molecule has 1 amide bonds. The lowest BCUT2D eigenvalue weighted by Gasteiger charge is -2.17. The standard InChI is InChI=1S/C12H19ClNOP.C8H10/c1-3-4-10-5-12(15)14(6-10)7-11(8-16)9(2)13;1-2-8-6-4-3-5-7-8/h8,10,16H,3-7H2,1-2H3;3-7H,2H2,1H3/b11-9+;. The molecule has 1 unspecified atom stereocenters. The maximum absolute atomic E-state index is 11.8. The summed E-state index contributed by atoms with van der Waals surface area (Å²) in [4.78, 5) is 13.7. The zero-order valence-electron chi connectivity index (χ0n) is 15.0. The van der Waals surface area contributed by atoms with E-state index in [0.29, 0.717) is 18.9 Å². The Morgan fingerprint density at radius 3 is 2.46 bits per heavy atom. The van der Waals surface area contributed by atoms with Gasteiger partial charge in [0.2, 0.25) is 5.91 Å². The Balaban J connectivity index is 0.000000300. The van der Waals surface area contributed by atoms with E-state index in [9.17, 15) is 4.79 Å². The maximum Gasteiger partial charge on any atom is 0.223 e. The van der Waals surface area contributed by atoms with E-state index in [0.717, 1.165) is 36.4 Å². The van der Waals surface area contributed by atoms with Gasteiger partial charge in [0.1, 0.15) is 0 Å². The molecular weight excluding hydrogens is 337 g/mol. The Bertz CT molecular complexity index is 552. The average molecular weight is 366 g/mol. The third kappa shape index (κ3) is 7.20. The number of rotatable bonds is 6. The van der Waals surface area contributed by atoms with Crippen LogP contribution in [-0.2, 0) is 11.2 Å². The van der Waals surface area contributed by atoms with Gasteiger partial charge in [-0.05, 0) is 42.6 Å². The summed E-state index contributed by atoms with van der Waals surface area (Å²) in [6, 6.07) is 10.5. The molecular formula is C20H29ClNOP. The quantitative estimate of drug-likeness (QED) is 0.623. The van der Waals surface area contributed by atoms with E-state index in [2.05, 4.69) is 47.0 Å². The Labute approximate surface area is 154 Å². The normalized spacial score (nSPS) is 17.9. The molecule has 2 nitrogen and oxygen atoms in total. The van der Waals surface area contributed by atoms with Crippen molar-refractivity contribution in [2.24, 2.45) is 5.92 Å². The highest BCUT2D eigenvalue weighted by molar-refractivity contribution is 7.19. The lowest BCUT2D eigenvalue weighted by Crippen LogP contribution is -2.28. The minimum Gasteiger partial charge on any atom is -0.338 e. The van der Waals surface area contributed by atoms with Crippen LogP contribution < -0.4 is 0 Å². The predicted octanol–water partition coefficient (Wildman–Crippen LogP) is 5.34. The van der Waals surface area contributed by atoms with Crippen LogP contribution in [0.4, 0.5) is 0 Å². The smallest absolute Gasteiger partial charge is 0.223 e. The molecule has 0 saturated carbocycles. The van der Waals surface area contributed by atoms with Crippen molar-refractivity contribution in [1.29, 1.82) is 0 Å². The number of amides is 1. The molecule has 4 heteroatoms. The van der Waals surface area contributed by atoms with Crippen molar-refractivity contribution in [3.8, 4) is 0 Å². The van der Waals surface area contributed by atoms with Gasteiger partial charge in [-0.15, -0.1) is 8.86 Å². The van der Waals surface area contributed by atoms with Crippen LogP contribution in [0.25, 0.3) is 0 Å². The van der Waals surface area contributed by atoms with E-state index in [1.807, 2.05) is 17.9 Å². The average Bonchev–Trinajstić information content (AvgIpc) is 2.93. The SMILES string of the molecule is CCCC1CC(=O)N(C/C(C=P)=C(/C)Cl)C1.CCc1ccccc1. The summed E-state index contributed by atoms with van der Waals surface area (Å²) in [7, 11) is 3.33. The van der Waals surface area contributed by atoms with Gasteiger partial charge in [0.15, 0.2) is 0 Å². The van der Waals surface area contributed by atoms with E-state index in [4.69, 9.17) is 11.6 Å². The topological polar surface area (TPSA) is 20.3 Å². The molecule has 0 aromatic heterocycles. The third-order valence-electron chi connectivity index (χ3n) is 4.22. The second kappa shape index (κ2) is 11.4. The summed E-state index contributed by atoms with van der Waals surface area (Å²) >= 11 is 5.95. The fourth-order valence-electron chi connectivity index (χ4n) is 2.78. The van der Waals surface area contributed by atoms with E-state index in [1.54, 1.807) is 5.80 Å². The zero-order valence-corrected chi connectivity index (χ0v) is 16.8. The van der Waals surface area contributed by atoms with Crippen LogP contribution in [-0.4, -0.2) is 29.7 Å². The van der Waals surface area contributed by atoms with Gasteiger partial charge in [-0.25, -0.2) is 0 Å². The summed E-state index contributed by atoms with van der Waals surface area (Å²) in [6.07, 6.45) is 4.12. The highest BCUT2D eigenvalue weighted by Crippen LogP contribution is 2.23. The molecule has 24 heavy (non-hydrogen) atoms. The molecule has 1 atom stereocenters. The first-order valence-electron chi connectivity index (χ1n) is 8.69. The van der Waals surface area contributed by atoms with Gasteiger partial charge < -0.3 is 4.90 Å². The maximum atomic E-state index is 11.8. The van der Waals surface area contributed by atoms with Crippen molar-refractivity contribution >= 4 is 32.2 Å². The van der Waals surface area contributed by atoms with Gasteiger partial charge in [0.25, 0.3) is 0 Å². The Morgan fingerprint density at radius 1 is 1.33 bits per heavy atom. The molecule has 1 saturated heterocycles. The van der Waals surface area contributed by atoms with E-state index in [-0.39, 0.29) is 5.91 Å². The molecule has 1 aromatic carbocycles. The van der Waals surface area contributed by atoms with Gasteiger partial charge in [0.05, 0.1) is 0 Å². The monoisotopic (exact) mass is 365 g/mol. The lowest BCUT2D eigenvalue weighted by molar-refractivity contribution is -0.127. The van der Waals surface area contributed by atoms with Crippen molar-refractivity contribution in [2.45, 2.75) is 46.5 Å². The molecule has 0 radical (unpaired) electrons. The summed E-state index contributed by atoms with van der Waals surface area (Å²) in [5.41, 5.74) is 2.39. The second-order valence-electron chi connectivity index (χ2n) is 6.18. The molecule has 1 fully saturated rings. The molecule has 0 bridgehead atoms. The van der Waals surface area contributed by atoms with Crippen LogP contribution in [0.2, 0.25) is 0 Å². The molecule has 1 aliphatic rings. The lowest BCUT2D eigenvalue weighted by atomic mass is 10.0. The van der Waals surface area contributed by atoms with Crippen molar-refractivity contribution < 1.29 is 4.79 Å². The molecule has 2 rings (SSSR count). The summed E-state index contributed by atoms with van der Waals surface area (Å²) in [6.45, 7) is 7.67. The fourth-order valence-corrected chi connectivity index (χ4v) is 3.30. The first kappa shape index (κ1) is 20.9. The molecule has 0 N–H and O–H groups in total. The van der Waals surface area contributed by atoms with Crippen LogP contribution in [0.5, 0.6) is 0 Å². The number of halogens is 1. The largest absolute Gasteiger partial charge is 0.338 e. The van der Waals surface area contributed by atoms with Gasteiger partial charge in [-0.1, -0.05) is 62.2 Å². The van der Waals surface area contributed by atoms with Crippen LogP contribution in [0, 0.1) is 5.92 Å². The fraction of sp³-hybridized carbons (Fsp3) is 0.500. The third-order valence-corrected chi connectivity index (χ3v) is 4.81. The Morgan fingerprint density at radius 2 is 2.00 bits per heavy atom. The zero-order chi connectivity index (χ0) is 17.9. The van der Waals surface area contributed by atoms with Crippen LogP contribution in [0.1, 0.15) is 45.6 Å². The summed E-state index contributed by atoms with van der Waals surface area (Å²) < 4.78 is 0. The second-order valence-corrected chi connectivity index (χ2v) is 7.03. The van der Waals surface area contributed by atoms with Crippen LogP contribution >= 0.6 is 20.5 Å². The van der Waals surface area contributed by atoms with Gasteiger partial charge >= 0.3 is 0 Å². The predicted molar refractivity (Wildman–Crippen MR) is 108 cm³/mol. The molecule has 0 spiro atoms. The number of benzene rings is 1. The highest BCUT2D eigenvalue weighted by atomic mass is 35.5. The minimum absolute atomic E-state index is 0.252. The van der Waals surface area contributed by atoms with Crippen molar-refractivity contribution in [3.05, 3.63) is 46.5 Å². The number of carbonyl (C=O) groups excluding carboxylic acids is 1. The van der Waals surface area contributed by atoms with Crippen molar-refractivity contribution in [3.63, 3.8) is 0 Å². The highest BCUT2D eigenvalue weighted by Gasteiger charge is 2.28. The number of nitrogens with zero attached hydrogens (tertiary/aromatic N) is 1. The molecule has 1 aliphatic heterocycles. The van der Waals surface area contributed by atoms with Crippen molar-refractivity contribution in [2.75, 3.05) is 13.1 Å². The first-order chi connectivity index (χ1) is 11.5. The molecule has 132 valence electrons. The number of likely N-dealkylation sites (tertiary alicyclic amines) is 1. The Kier molecular flexibility index (Phi) is 9.98. The molecule has 0 aliphatic carbocycles. The molecule has 1 aromatic rings. The number of hydrogen-bond acceptors (Lipinski definition) is 1. The first-order valence-corrected chi connectivity index (χ1v) is 9.64. The summed E-state index contributed by atoms with van der Waals surface area (Å²) in [5.74, 6) is 2.58.